The molecule has 13 heavy (non-hydrogen) atoms. The molecule has 1 N–H and O–H groups in total. The number of carbonyl (C=O) groups is 1. The van der Waals surface area contributed by atoms with E-state index in [-0.39, 0.29) is 10.8 Å². The van der Waals surface area contributed by atoms with E-state index in [1.165, 1.54) is 7.11 Å². The number of ether oxygens (including phenoxy) is 1. The fraction of sp³-hybridized carbons (Fsp3) is 0.500. The SMILES string of the molecule is CC.COC(=O)c1nc(C)sc1O. The minimum atomic E-state index is -0.605. The predicted molar refractivity (Wildman–Crippen MR) is 51.2 cm³/mol. The van der Waals surface area contributed by atoms with E-state index < -0.39 is 5.97 Å². The number of esters is 1. The molecular weight excluding hydrogens is 190 g/mol. The van der Waals surface area contributed by atoms with Crippen LogP contribution in [0.25, 0.3) is 0 Å². The minimum Gasteiger partial charge on any atom is -0.498 e. The Morgan fingerprint density at radius 3 is 2.38 bits per heavy atom. The molecule has 0 aliphatic heterocycles. The third kappa shape index (κ3) is 3.02. The van der Waals surface area contributed by atoms with Gasteiger partial charge in [-0.25, -0.2) is 9.78 Å². The summed E-state index contributed by atoms with van der Waals surface area (Å²) >= 11 is 1.06. The van der Waals surface area contributed by atoms with Crippen molar-refractivity contribution in [2.75, 3.05) is 7.11 Å². The van der Waals surface area contributed by atoms with E-state index in [2.05, 4.69) is 9.72 Å². The van der Waals surface area contributed by atoms with Crippen LogP contribution in [0.3, 0.4) is 0 Å². The van der Waals surface area contributed by atoms with Gasteiger partial charge in [0.1, 0.15) is 0 Å². The topological polar surface area (TPSA) is 59.4 Å². The molecule has 0 spiro atoms. The summed E-state index contributed by atoms with van der Waals surface area (Å²) in [5.41, 5.74) is -0.00463. The second-order valence-electron chi connectivity index (χ2n) is 1.88. The van der Waals surface area contributed by atoms with Gasteiger partial charge in [0.2, 0.25) is 10.8 Å². The number of methoxy groups -OCH3 is 1. The van der Waals surface area contributed by atoms with E-state index in [0.29, 0.717) is 5.01 Å². The van der Waals surface area contributed by atoms with Crippen LogP contribution in [-0.4, -0.2) is 23.2 Å². The van der Waals surface area contributed by atoms with Gasteiger partial charge in [-0.15, -0.1) is 0 Å². The first-order valence-electron chi connectivity index (χ1n) is 3.90. The van der Waals surface area contributed by atoms with Crippen LogP contribution in [0.1, 0.15) is 29.3 Å². The number of carbonyl (C=O) groups excluding carboxylic acids is 1. The number of rotatable bonds is 1. The van der Waals surface area contributed by atoms with E-state index in [0.717, 1.165) is 11.3 Å². The number of hydrogen-bond donors (Lipinski definition) is 1. The van der Waals surface area contributed by atoms with Crippen molar-refractivity contribution in [3.05, 3.63) is 10.7 Å². The highest BCUT2D eigenvalue weighted by Gasteiger charge is 2.15. The van der Waals surface area contributed by atoms with Crippen LogP contribution in [0, 0.1) is 6.92 Å². The average molecular weight is 203 g/mol. The summed E-state index contributed by atoms with van der Waals surface area (Å²) in [4.78, 5) is 14.6. The lowest BCUT2D eigenvalue weighted by atomic mass is 10.5. The maximum Gasteiger partial charge on any atom is 0.361 e. The highest BCUT2D eigenvalue weighted by Crippen LogP contribution is 2.25. The van der Waals surface area contributed by atoms with Gasteiger partial charge in [-0.2, -0.15) is 0 Å². The molecule has 0 unspecified atom stereocenters. The lowest BCUT2D eigenvalue weighted by molar-refractivity contribution is 0.0591. The highest BCUT2D eigenvalue weighted by molar-refractivity contribution is 7.13. The Morgan fingerprint density at radius 2 is 2.08 bits per heavy atom. The first kappa shape index (κ1) is 11.9. The van der Waals surface area contributed by atoms with Gasteiger partial charge in [-0.05, 0) is 6.92 Å². The van der Waals surface area contributed by atoms with Gasteiger partial charge in [-0.3, -0.25) is 0 Å². The molecule has 0 aliphatic carbocycles. The maximum absolute atomic E-state index is 10.8. The molecule has 1 rings (SSSR count). The summed E-state index contributed by atoms with van der Waals surface area (Å²) in [7, 11) is 1.25. The fourth-order valence-electron chi connectivity index (χ4n) is 0.646. The first-order chi connectivity index (χ1) is 6.15. The summed E-state index contributed by atoms with van der Waals surface area (Å²) in [6.07, 6.45) is 0. The molecule has 1 heterocycles. The van der Waals surface area contributed by atoms with E-state index in [9.17, 15) is 4.79 Å². The molecular formula is C8H13NO3S. The van der Waals surface area contributed by atoms with Gasteiger partial charge in [0.15, 0.2) is 0 Å². The van der Waals surface area contributed by atoms with Gasteiger partial charge in [-0.1, -0.05) is 25.2 Å². The molecule has 0 saturated carbocycles. The summed E-state index contributed by atoms with van der Waals surface area (Å²) in [5, 5.41) is 9.64. The van der Waals surface area contributed by atoms with Crippen molar-refractivity contribution >= 4 is 17.3 Å². The normalized spacial score (nSPS) is 8.62. The van der Waals surface area contributed by atoms with E-state index in [1.54, 1.807) is 6.92 Å². The molecule has 1 aromatic rings. The van der Waals surface area contributed by atoms with Crippen LogP contribution in [0.15, 0.2) is 0 Å². The first-order valence-corrected chi connectivity index (χ1v) is 4.71. The molecule has 0 aliphatic rings. The van der Waals surface area contributed by atoms with Crippen LogP contribution in [0.2, 0.25) is 0 Å². The number of aromatic nitrogens is 1. The fourth-order valence-corrected chi connectivity index (χ4v) is 1.29. The Kier molecular flexibility index (Phi) is 5.06. The Bertz CT molecular complexity index is 283. The second kappa shape index (κ2) is 5.53. The highest BCUT2D eigenvalue weighted by atomic mass is 32.1. The number of hydrogen-bond acceptors (Lipinski definition) is 5. The maximum atomic E-state index is 10.8. The molecule has 0 amide bonds. The third-order valence-electron chi connectivity index (χ3n) is 1.09. The molecule has 0 atom stereocenters. The van der Waals surface area contributed by atoms with Crippen LogP contribution in [-0.2, 0) is 4.74 Å². The van der Waals surface area contributed by atoms with Gasteiger partial charge in [0, 0.05) is 0 Å². The van der Waals surface area contributed by atoms with Crippen LogP contribution < -0.4 is 0 Å². The molecule has 74 valence electrons. The number of aromatic hydroxyl groups is 1. The van der Waals surface area contributed by atoms with Crippen molar-refractivity contribution < 1.29 is 14.6 Å². The van der Waals surface area contributed by atoms with Crippen molar-refractivity contribution in [3.63, 3.8) is 0 Å². The number of thiazole rings is 1. The van der Waals surface area contributed by atoms with Crippen molar-refractivity contribution in [2.24, 2.45) is 0 Å². The van der Waals surface area contributed by atoms with Crippen molar-refractivity contribution in [1.82, 2.24) is 4.98 Å². The van der Waals surface area contributed by atoms with Crippen LogP contribution in [0.5, 0.6) is 5.06 Å². The molecule has 0 bridgehead atoms. The van der Waals surface area contributed by atoms with Crippen molar-refractivity contribution in [2.45, 2.75) is 20.8 Å². The molecule has 0 saturated heterocycles. The standard InChI is InChI=1S/C6H7NO3S.C2H6/c1-3-7-4(5(8)10-2)6(9)11-3;1-2/h9H,1-2H3;1-2H3. The summed E-state index contributed by atoms with van der Waals surface area (Å²) < 4.78 is 4.38. The van der Waals surface area contributed by atoms with Gasteiger partial charge >= 0.3 is 5.97 Å². The van der Waals surface area contributed by atoms with Gasteiger partial charge < -0.3 is 9.84 Å². The zero-order chi connectivity index (χ0) is 10.4. The third-order valence-corrected chi connectivity index (χ3v) is 1.87. The molecule has 5 heteroatoms. The molecule has 0 radical (unpaired) electrons. The largest absolute Gasteiger partial charge is 0.498 e. The van der Waals surface area contributed by atoms with Gasteiger partial charge in [0.05, 0.1) is 12.1 Å². The van der Waals surface area contributed by atoms with Crippen molar-refractivity contribution in [1.29, 1.82) is 0 Å². The van der Waals surface area contributed by atoms with E-state index >= 15 is 0 Å². The summed E-state index contributed by atoms with van der Waals surface area (Å²) in [6, 6.07) is 0. The van der Waals surface area contributed by atoms with E-state index in [4.69, 9.17) is 5.11 Å². The smallest absolute Gasteiger partial charge is 0.361 e. The minimum absolute atomic E-state index is 0.00463. The summed E-state index contributed by atoms with van der Waals surface area (Å²) in [5.74, 6) is -0.605. The molecule has 4 nitrogen and oxygen atoms in total. The quantitative estimate of drug-likeness (QED) is 0.709. The Hall–Kier alpha value is -1.10. The van der Waals surface area contributed by atoms with Gasteiger partial charge in [0.25, 0.3) is 0 Å². The lowest BCUT2D eigenvalue weighted by Gasteiger charge is -1.92. The van der Waals surface area contributed by atoms with Crippen LogP contribution >= 0.6 is 11.3 Å². The Labute approximate surface area is 81.2 Å². The Morgan fingerprint density at radius 1 is 1.54 bits per heavy atom. The number of nitrogens with zero attached hydrogens (tertiary/aromatic N) is 1. The molecule has 0 fully saturated rings. The monoisotopic (exact) mass is 203 g/mol. The molecule has 0 aromatic carbocycles. The summed E-state index contributed by atoms with van der Waals surface area (Å²) in [6.45, 7) is 5.71. The zero-order valence-electron chi connectivity index (χ0n) is 8.12. The zero-order valence-corrected chi connectivity index (χ0v) is 8.94. The predicted octanol–water partition coefficient (Wildman–Crippen LogP) is 1.97. The number of aryl methyl sites for hydroxylation is 1. The lowest BCUT2D eigenvalue weighted by Crippen LogP contribution is -2.01. The Balaban J connectivity index is 0.000000671. The van der Waals surface area contributed by atoms with Crippen LogP contribution in [0.4, 0.5) is 0 Å². The van der Waals surface area contributed by atoms with E-state index in [1.807, 2.05) is 13.8 Å². The molecule has 1 aromatic heterocycles. The second-order valence-corrected chi connectivity index (χ2v) is 3.06. The van der Waals surface area contributed by atoms with Crippen molar-refractivity contribution in [3.8, 4) is 5.06 Å². The average Bonchev–Trinajstić information content (AvgIpc) is 2.47.